The molecular weight excluding hydrogens is 432 g/mol. The minimum absolute atomic E-state index is 0.0448. The van der Waals surface area contributed by atoms with Gasteiger partial charge in [0, 0.05) is 23.1 Å². The summed E-state index contributed by atoms with van der Waals surface area (Å²) in [4.78, 5) is 22.9. The summed E-state index contributed by atoms with van der Waals surface area (Å²) in [5.41, 5.74) is -1.55. The monoisotopic (exact) mass is 468 g/mol. The van der Waals surface area contributed by atoms with E-state index in [-0.39, 0.29) is 41.8 Å². The van der Waals surface area contributed by atoms with E-state index in [0.29, 0.717) is 19.3 Å². The van der Waals surface area contributed by atoms with Gasteiger partial charge in [0.05, 0.1) is 11.7 Å². The number of carbonyl (C=O) groups is 2. The standard InChI is InChI=1S/C25H37ClO6/c1-4-16(32-22(26)29)7-10-23(2)9-5-6-18-19(23)13-20(27)24(3)17(8-11-25(18,24)30)15-12-21(28)31-14-15/h12,16-20,27,30H,4-11,13-14H2,1-3H3/t16-,17-,18-,19+,20-,23-,24+,25+/m1/s1. The lowest BCUT2D eigenvalue weighted by atomic mass is 9.45. The van der Waals surface area contributed by atoms with E-state index in [4.69, 9.17) is 21.1 Å². The number of halogens is 1. The van der Waals surface area contributed by atoms with Gasteiger partial charge >= 0.3 is 11.4 Å². The molecule has 0 spiro atoms. The molecule has 4 aliphatic rings. The number of hydrogen-bond donors (Lipinski definition) is 2. The number of hydrogen-bond acceptors (Lipinski definition) is 6. The van der Waals surface area contributed by atoms with Crippen LogP contribution in [0.3, 0.4) is 0 Å². The summed E-state index contributed by atoms with van der Waals surface area (Å²) in [5.74, 6) is -0.0667. The van der Waals surface area contributed by atoms with Crippen molar-refractivity contribution in [1.82, 2.24) is 0 Å². The van der Waals surface area contributed by atoms with Gasteiger partial charge in [-0.05, 0) is 80.1 Å². The van der Waals surface area contributed by atoms with Crippen LogP contribution in [0.4, 0.5) is 4.79 Å². The molecule has 1 aliphatic heterocycles. The van der Waals surface area contributed by atoms with Gasteiger partial charge in [-0.1, -0.05) is 27.2 Å². The van der Waals surface area contributed by atoms with Crippen LogP contribution in [0.25, 0.3) is 0 Å². The number of ether oxygens (including phenoxy) is 2. The van der Waals surface area contributed by atoms with Gasteiger partial charge in [-0.3, -0.25) is 0 Å². The summed E-state index contributed by atoms with van der Waals surface area (Å²) < 4.78 is 10.4. The number of aliphatic hydroxyl groups excluding tert-OH is 1. The minimum Gasteiger partial charge on any atom is -0.458 e. The average molecular weight is 469 g/mol. The Bertz CT molecular complexity index is 797. The average Bonchev–Trinajstić information content (AvgIpc) is 3.28. The van der Waals surface area contributed by atoms with E-state index in [1.165, 1.54) is 0 Å². The Balaban J connectivity index is 1.58. The van der Waals surface area contributed by atoms with Crippen LogP contribution in [0.1, 0.15) is 78.6 Å². The number of aliphatic hydroxyl groups is 2. The van der Waals surface area contributed by atoms with E-state index >= 15 is 0 Å². The highest BCUT2D eigenvalue weighted by Crippen LogP contribution is 2.68. The van der Waals surface area contributed by atoms with E-state index in [1.807, 2.05) is 13.8 Å². The van der Waals surface area contributed by atoms with E-state index in [1.54, 1.807) is 6.08 Å². The fourth-order valence-corrected chi connectivity index (χ4v) is 8.01. The van der Waals surface area contributed by atoms with Crippen molar-refractivity contribution < 1.29 is 29.3 Å². The molecule has 7 heteroatoms. The highest BCUT2D eigenvalue weighted by molar-refractivity contribution is 6.61. The van der Waals surface area contributed by atoms with Crippen LogP contribution in [0.15, 0.2) is 11.6 Å². The number of cyclic esters (lactones) is 1. The molecule has 2 N–H and O–H groups in total. The predicted octanol–water partition coefficient (Wildman–Crippen LogP) is 4.74. The maximum Gasteiger partial charge on any atom is 0.404 e. The fourth-order valence-electron chi connectivity index (χ4n) is 7.88. The van der Waals surface area contributed by atoms with Crippen LogP contribution in [-0.2, 0) is 14.3 Å². The minimum atomic E-state index is -0.971. The number of carbonyl (C=O) groups excluding carboxylic acids is 2. The third-order valence-corrected chi connectivity index (χ3v) is 9.87. The predicted molar refractivity (Wildman–Crippen MR) is 120 cm³/mol. The zero-order chi connectivity index (χ0) is 23.3. The summed E-state index contributed by atoms with van der Waals surface area (Å²) in [6, 6.07) is 0. The van der Waals surface area contributed by atoms with Gasteiger partial charge in [0.25, 0.3) is 0 Å². The van der Waals surface area contributed by atoms with Crippen molar-refractivity contribution in [3.05, 3.63) is 11.6 Å². The summed E-state index contributed by atoms with van der Waals surface area (Å²) in [6.45, 7) is 6.55. The summed E-state index contributed by atoms with van der Waals surface area (Å²) in [6.07, 6.45) is 8.08. The normalized spacial score (nSPS) is 44.3. The van der Waals surface area contributed by atoms with Crippen molar-refractivity contribution in [2.75, 3.05) is 6.61 Å². The first-order valence-electron chi connectivity index (χ1n) is 12.2. The molecule has 0 radical (unpaired) electrons. The first-order chi connectivity index (χ1) is 15.0. The number of esters is 1. The molecule has 0 aromatic carbocycles. The van der Waals surface area contributed by atoms with E-state index < -0.39 is 22.5 Å². The molecule has 3 aliphatic carbocycles. The topological polar surface area (TPSA) is 93.1 Å². The molecule has 8 atom stereocenters. The molecule has 0 aromatic rings. The molecule has 0 unspecified atom stereocenters. The van der Waals surface area contributed by atoms with Gasteiger partial charge in [-0.15, -0.1) is 0 Å². The third kappa shape index (κ3) is 3.70. The molecule has 6 nitrogen and oxygen atoms in total. The van der Waals surface area contributed by atoms with Crippen LogP contribution in [0, 0.1) is 28.6 Å². The van der Waals surface area contributed by atoms with Gasteiger partial charge in [0.2, 0.25) is 0 Å². The van der Waals surface area contributed by atoms with E-state index in [2.05, 4.69) is 6.92 Å². The molecule has 3 fully saturated rings. The van der Waals surface area contributed by atoms with E-state index in [0.717, 1.165) is 44.1 Å². The Labute approximate surface area is 195 Å². The van der Waals surface area contributed by atoms with Crippen molar-refractivity contribution in [3.63, 3.8) is 0 Å². The zero-order valence-electron chi connectivity index (χ0n) is 19.4. The lowest BCUT2D eigenvalue weighted by molar-refractivity contribution is -0.232. The second kappa shape index (κ2) is 8.59. The third-order valence-electron chi connectivity index (χ3n) is 9.78. The Kier molecular flexibility index (Phi) is 6.45. The van der Waals surface area contributed by atoms with Crippen molar-refractivity contribution >= 4 is 23.0 Å². The van der Waals surface area contributed by atoms with Gasteiger partial charge in [-0.2, -0.15) is 0 Å². The maximum atomic E-state index is 12.2. The molecule has 3 saturated carbocycles. The van der Waals surface area contributed by atoms with Crippen LogP contribution >= 0.6 is 11.6 Å². The maximum absolute atomic E-state index is 12.2. The highest BCUT2D eigenvalue weighted by Gasteiger charge is 2.69. The smallest absolute Gasteiger partial charge is 0.404 e. The van der Waals surface area contributed by atoms with Crippen molar-refractivity contribution in [1.29, 1.82) is 0 Å². The highest BCUT2D eigenvalue weighted by atomic mass is 35.5. The van der Waals surface area contributed by atoms with Gasteiger partial charge < -0.3 is 19.7 Å². The molecule has 0 amide bonds. The number of fused-ring (bicyclic) bond motifs is 3. The Hall–Kier alpha value is -1.11. The van der Waals surface area contributed by atoms with E-state index in [9.17, 15) is 19.8 Å². The molecule has 180 valence electrons. The van der Waals surface area contributed by atoms with Crippen LogP contribution in [0.5, 0.6) is 0 Å². The second-order valence-corrected chi connectivity index (χ2v) is 11.4. The van der Waals surface area contributed by atoms with Crippen LogP contribution in [-0.4, -0.2) is 46.0 Å². The molecule has 0 saturated heterocycles. The summed E-state index contributed by atoms with van der Waals surface area (Å²) >= 11 is 5.45. The molecule has 4 rings (SSSR count). The largest absolute Gasteiger partial charge is 0.458 e. The first-order valence-corrected chi connectivity index (χ1v) is 12.6. The fraction of sp³-hybridized carbons (Fsp3) is 0.840. The molecule has 1 heterocycles. The first kappa shape index (κ1) is 24.0. The Morgan fingerprint density at radius 3 is 2.69 bits per heavy atom. The zero-order valence-corrected chi connectivity index (χ0v) is 20.2. The van der Waals surface area contributed by atoms with Crippen molar-refractivity contribution in [2.45, 2.75) is 96.4 Å². The van der Waals surface area contributed by atoms with Crippen LogP contribution < -0.4 is 0 Å². The Morgan fingerprint density at radius 2 is 2.06 bits per heavy atom. The van der Waals surface area contributed by atoms with Crippen molar-refractivity contribution in [2.24, 2.45) is 28.6 Å². The summed E-state index contributed by atoms with van der Waals surface area (Å²) in [7, 11) is 0. The number of rotatable bonds is 6. The van der Waals surface area contributed by atoms with Crippen LogP contribution in [0.2, 0.25) is 0 Å². The van der Waals surface area contributed by atoms with Gasteiger partial charge in [-0.25, -0.2) is 9.59 Å². The SMILES string of the molecule is CC[C@H](CC[C@@]1(C)CCC[C@@H]2[C@@H]1C[C@@H](O)[C@]1(C)[C@@H](C3=CC(=O)OC3)CC[C@]21O)OC(=O)Cl. The van der Waals surface area contributed by atoms with Crippen molar-refractivity contribution in [3.8, 4) is 0 Å². The molecule has 0 bridgehead atoms. The molecule has 0 aromatic heterocycles. The molecule has 32 heavy (non-hydrogen) atoms. The molecular formula is C25H37ClO6. The lowest BCUT2D eigenvalue weighted by Crippen LogP contribution is -2.65. The van der Waals surface area contributed by atoms with Gasteiger partial charge in [0.15, 0.2) is 0 Å². The van der Waals surface area contributed by atoms with Gasteiger partial charge in [0.1, 0.15) is 12.7 Å². The second-order valence-electron chi connectivity index (χ2n) is 11.1. The summed E-state index contributed by atoms with van der Waals surface area (Å²) in [5, 5.41) is 23.7. The lowest BCUT2D eigenvalue weighted by Gasteiger charge is -2.62. The Morgan fingerprint density at radius 1 is 1.31 bits per heavy atom. The quantitative estimate of drug-likeness (QED) is 0.432.